The molecule has 0 aromatic heterocycles. The first kappa shape index (κ1) is 18.9. The van der Waals surface area contributed by atoms with Crippen LogP contribution in [0.25, 0.3) is 0 Å². The van der Waals surface area contributed by atoms with E-state index >= 15 is 0 Å². The van der Waals surface area contributed by atoms with Gasteiger partial charge in [-0.1, -0.05) is 65.2 Å². The highest BCUT2D eigenvalue weighted by Gasteiger charge is 2.12. The Kier molecular flexibility index (Phi) is 11.7. The van der Waals surface area contributed by atoms with Crippen molar-refractivity contribution in [2.75, 3.05) is 12.9 Å². The Balaban J connectivity index is 3.92. The van der Waals surface area contributed by atoms with Crippen molar-refractivity contribution in [2.24, 2.45) is 5.92 Å². The zero-order valence-corrected chi connectivity index (χ0v) is 13.8. The molecular weight excluding hydrogens is 260 g/mol. The number of hydrogen-bond donors (Lipinski definition) is 0. The van der Waals surface area contributed by atoms with E-state index < -0.39 is 10.1 Å². The van der Waals surface area contributed by atoms with E-state index in [4.69, 9.17) is 4.18 Å². The highest BCUT2D eigenvalue weighted by Crippen LogP contribution is 2.19. The van der Waals surface area contributed by atoms with Crippen LogP contribution in [0.1, 0.15) is 78.1 Å². The lowest BCUT2D eigenvalue weighted by atomic mass is 9.95. The summed E-state index contributed by atoms with van der Waals surface area (Å²) in [6.07, 6.45) is 13.2. The Bertz CT molecular complexity index is 274. The second kappa shape index (κ2) is 11.7. The van der Waals surface area contributed by atoms with Gasteiger partial charge in [0.15, 0.2) is 0 Å². The maximum atomic E-state index is 11.1. The minimum absolute atomic E-state index is 0.372. The van der Waals surface area contributed by atoms with Crippen LogP contribution >= 0.6 is 0 Å². The summed E-state index contributed by atoms with van der Waals surface area (Å²) in [7, 11) is -3.29. The van der Waals surface area contributed by atoms with Gasteiger partial charge in [0.05, 0.1) is 12.9 Å². The van der Waals surface area contributed by atoms with Crippen LogP contribution in [0.2, 0.25) is 0 Å². The third-order valence-corrected chi connectivity index (χ3v) is 4.01. The highest BCUT2D eigenvalue weighted by molar-refractivity contribution is 7.85. The van der Waals surface area contributed by atoms with E-state index in [9.17, 15) is 8.42 Å². The molecule has 0 bridgehead atoms. The van der Waals surface area contributed by atoms with E-state index in [1.165, 1.54) is 51.4 Å². The van der Waals surface area contributed by atoms with E-state index in [0.717, 1.165) is 19.1 Å². The molecule has 0 radical (unpaired) electrons. The summed E-state index contributed by atoms with van der Waals surface area (Å²) >= 11 is 0. The number of rotatable bonds is 13. The van der Waals surface area contributed by atoms with Crippen molar-refractivity contribution in [3.63, 3.8) is 0 Å². The first-order chi connectivity index (χ1) is 8.99. The molecule has 0 spiro atoms. The molecule has 4 heteroatoms. The number of hydrogen-bond acceptors (Lipinski definition) is 3. The van der Waals surface area contributed by atoms with Crippen LogP contribution in [-0.4, -0.2) is 21.3 Å². The van der Waals surface area contributed by atoms with Gasteiger partial charge in [0, 0.05) is 0 Å². The molecule has 0 aliphatic heterocycles. The SMILES string of the molecule is CCCCCCC(CCCCCC)COS(C)(=O)=O. The zero-order valence-electron chi connectivity index (χ0n) is 13.0. The van der Waals surface area contributed by atoms with Crippen molar-refractivity contribution in [1.29, 1.82) is 0 Å². The van der Waals surface area contributed by atoms with Crippen molar-refractivity contribution in [2.45, 2.75) is 78.1 Å². The Morgan fingerprint density at radius 2 is 1.32 bits per heavy atom. The summed E-state index contributed by atoms with van der Waals surface area (Å²) in [6, 6.07) is 0. The Morgan fingerprint density at radius 3 is 1.68 bits per heavy atom. The fourth-order valence-electron chi connectivity index (χ4n) is 2.25. The predicted octanol–water partition coefficient (Wildman–Crippen LogP) is 4.52. The Hall–Kier alpha value is -0.0900. The molecule has 0 aliphatic carbocycles. The molecule has 0 saturated carbocycles. The third-order valence-electron chi connectivity index (χ3n) is 3.45. The van der Waals surface area contributed by atoms with Gasteiger partial charge < -0.3 is 0 Å². The monoisotopic (exact) mass is 292 g/mol. The van der Waals surface area contributed by atoms with Crippen LogP contribution < -0.4 is 0 Å². The van der Waals surface area contributed by atoms with E-state index in [2.05, 4.69) is 13.8 Å². The third kappa shape index (κ3) is 14.1. The lowest BCUT2D eigenvalue weighted by Crippen LogP contribution is -2.14. The molecule has 0 fully saturated rings. The predicted molar refractivity (Wildman–Crippen MR) is 81.8 cm³/mol. The van der Waals surface area contributed by atoms with Crippen molar-refractivity contribution in [3.8, 4) is 0 Å². The van der Waals surface area contributed by atoms with Gasteiger partial charge in [-0.05, 0) is 18.8 Å². The summed E-state index contributed by atoms with van der Waals surface area (Å²) in [5.41, 5.74) is 0. The molecule has 0 atom stereocenters. The van der Waals surface area contributed by atoms with Gasteiger partial charge in [0.1, 0.15) is 0 Å². The smallest absolute Gasteiger partial charge is 0.264 e. The lowest BCUT2D eigenvalue weighted by molar-refractivity contribution is 0.231. The summed E-state index contributed by atoms with van der Waals surface area (Å²) < 4.78 is 27.1. The van der Waals surface area contributed by atoms with E-state index in [0.29, 0.717) is 12.5 Å². The molecule has 0 aliphatic rings. The van der Waals surface area contributed by atoms with Crippen LogP contribution in [0, 0.1) is 5.92 Å². The van der Waals surface area contributed by atoms with Gasteiger partial charge in [0.25, 0.3) is 10.1 Å². The van der Waals surface area contributed by atoms with E-state index in [1.807, 2.05) is 0 Å². The van der Waals surface area contributed by atoms with Gasteiger partial charge in [-0.2, -0.15) is 8.42 Å². The maximum absolute atomic E-state index is 11.1. The molecule has 0 N–H and O–H groups in total. The second-order valence-corrected chi connectivity index (χ2v) is 7.20. The molecule has 0 rings (SSSR count). The lowest BCUT2D eigenvalue weighted by Gasteiger charge is -2.16. The molecule has 0 heterocycles. The van der Waals surface area contributed by atoms with Crippen LogP contribution in [0.3, 0.4) is 0 Å². The quantitative estimate of drug-likeness (QED) is 0.370. The van der Waals surface area contributed by atoms with Crippen LogP contribution in [0.15, 0.2) is 0 Å². The van der Waals surface area contributed by atoms with Crippen molar-refractivity contribution in [3.05, 3.63) is 0 Å². The molecule has 19 heavy (non-hydrogen) atoms. The first-order valence-corrected chi connectivity index (χ1v) is 9.65. The normalized spacial score (nSPS) is 12.2. The standard InChI is InChI=1S/C15H32O3S/c1-4-6-8-10-12-15(13-11-9-7-5-2)14-18-19(3,16)17/h15H,4-14H2,1-3H3. The summed E-state index contributed by atoms with van der Waals surface area (Å²) in [5, 5.41) is 0. The molecule has 0 unspecified atom stereocenters. The molecule has 116 valence electrons. The molecular formula is C15H32O3S. The van der Waals surface area contributed by atoms with Gasteiger partial charge >= 0.3 is 0 Å². The van der Waals surface area contributed by atoms with Crippen LogP contribution in [0.5, 0.6) is 0 Å². The number of unbranched alkanes of at least 4 members (excludes halogenated alkanes) is 6. The molecule has 0 aromatic carbocycles. The van der Waals surface area contributed by atoms with Gasteiger partial charge in [-0.25, -0.2) is 0 Å². The summed E-state index contributed by atoms with van der Waals surface area (Å²) in [6.45, 7) is 4.78. The minimum Gasteiger partial charge on any atom is -0.270 e. The average molecular weight is 292 g/mol. The Labute approximate surface area is 120 Å². The largest absolute Gasteiger partial charge is 0.270 e. The topological polar surface area (TPSA) is 43.4 Å². The highest BCUT2D eigenvalue weighted by atomic mass is 32.2. The van der Waals surface area contributed by atoms with Gasteiger partial charge in [0.2, 0.25) is 0 Å². The van der Waals surface area contributed by atoms with Gasteiger partial charge in [-0.3, -0.25) is 4.18 Å². The second-order valence-electron chi connectivity index (χ2n) is 5.55. The fraction of sp³-hybridized carbons (Fsp3) is 1.00. The van der Waals surface area contributed by atoms with Crippen molar-refractivity contribution < 1.29 is 12.6 Å². The molecule has 0 saturated heterocycles. The summed E-state index contributed by atoms with van der Waals surface area (Å²) in [4.78, 5) is 0. The maximum Gasteiger partial charge on any atom is 0.264 e. The van der Waals surface area contributed by atoms with Gasteiger partial charge in [-0.15, -0.1) is 0 Å². The molecule has 0 amide bonds. The van der Waals surface area contributed by atoms with Crippen LogP contribution in [-0.2, 0) is 14.3 Å². The zero-order chi connectivity index (χ0) is 14.6. The first-order valence-electron chi connectivity index (χ1n) is 7.84. The van der Waals surface area contributed by atoms with Crippen molar-refractivity contribution in [1.82, 2.24) is 0 Å². The average Bonchev–Trinajstić information content (AvgIpc) is 2.34. The fourth-order valence-corrected chi connectivity index (χ4v) is 2.69. The molecule has 3 nitrogen and oxygen atoms in total. The van der Waals surface area contributed by atoms with Crippen LogP contribution in [0.4, 0.5) is 0 Å². The van der Waals surface area contributed by atoms with Crippen molar-refractivity contribution >= 4 is 10.1 Å². The van der Waals surface area contributed by atoms with E-state index in [1.54, 1.807) is 0 Å². The molecule has 0 aromatic rings. The minimum atomic E-state index is -3.29. The Morgan fingerprint density at radius 1 is 0.842 bits per heavy atom. The van der Waals surface area contributed by atoms with E-state index in [-0.39, 0.29) is 0 Å². The summed E-state index contributed by atoms with van der Waals surface area (Å²) in [5.74, 6) is 0.406.